The SMILES string of the molecule is CCOP(=O)(Cc1cc(COC)on1)OCC. The second-order valence-electron chi connectivity index (χ2n) is 3.32. The lowest BCUT2D eigenvalue weighted by atomic mass is 10.4. The largest absolute Gasteiger partial charge is 0.377 e. The van der Waals surface area contributed by atoms with Crippen LogP contribution in [0.2, 0.25) is 0 Å². The zero-order valence-electron chi connectivity index (χ0n) is 10.3. The lowest BCUT2D eigenvalue weighted by Crippen LogP contribution is -1.99. The van der Waals surface area contributed by atoms with Gasteiger partial charge in [0, 0.05) is 13.2 Å². The molecule has 0 saturated carbocycles. The van der Waals surface area contributed by atoms with Gasteiger partial charge >= 0.3 is 7.60 Å². The highest BCUT2D eigenvalue weighted by atomic mass is 31.2. The molecule has 0 saturated heterocycles. The number of rotatable bonds is 8. The Morgan fingerprint density at radius 2 is 2.00 bits per heavy atom. The van der Waals surface area contributed by atoms with Crippen molar-refractivity contribution < 1.29 is 22.9 Å². The van der Waals surface area contributed by atoms with E-state index in [9.17, 15) is 4.57 Å². The van der Waals surface area contributed by atoms with Crippen LogP contribution < -0.4 is 0 Å². The Hall–Kier alpha value is -0.680. The molecule has 0 spiro atoms. The Bertz CT molecular complexity index is 369. The van der Waals surface area contributed by atoms with Gasteiger partial charge in [-0.3, -0.25) is 4.57 Å². The Morgan fingerprint density at radius 3 is 2.53 bits per heavy atom. The van der Waals surface area contributed by atoms with E-state index in [2.05, 4.69) is 5.16 Å². The van der Waals surface area contributed by atoms with E-state index in [1.165, 1.54) is 0 Å². The molecule has 0 aliphatic carbocycles. The van der Waals surface area contributed by atoms with Crippen LogP contribution >= 0.6 is 7.60 Å². The maximum Gasteiger partial charge on any atom is 0.336 e. The molecule has 1 heterocycles. The van der Waals surface area contributed by atoms with Gasteiger partial charge in [0.2, 0.25) is 0 Å². The van der Waals surface area contributed by atoms with E-state index >= 15 is 0 Å². The molecule has 0 fully saturated rings. The van der Waals surface area contributed by atoms with Crippen molar-refractivity contribution in [2.45, 2.75) is 26.6 Å². The summed E-state index contributed by atoms with van der Waals surface area (Å²) < 4.78 is 32.4. The third kappa shape index (κ3) is 4.60. The molecule has 0 bridgehead atoms. The first-order valence-electron chi connectivity index (χ1n) is 5.45. The molecule has 0 radical (unpaired) electrons. The molecule has 0 aromatic carbocycles. The minimum Gasteiger partial charge on any atom is -0.377 e. The molecule has 0 atom stereocenters. The minimum absolute atomic E-state index is 0.113. The summed E-state index contributed by atoms with van der Waals surface area (Å²) in [5.74, 6) is 0.585. The third-order valence-corrected chi connectivity index (χ3v) is 3.92. The number of hydrogen-bond acceptors (Lipinski definition) is 6. The lowest BCUT2D eigenvalue weighted by molar-refractivity contribution is 0.155. The Morgan fingerprint density at radius 1 is 1.35 bits per heavy atom. The van der Waals surface area contributed by atoms with Crippen molar-refractivity contribution in [3.05, 3.63) is 17.5 Å². The normalized spacial score (nSPS) is 11.9. The minimum atomic E-state index is -3.11. The second-order valence-corrected chi connectivity index (χ2v) is 5.38. The second kappa shape index (κ2) is 6.91. The van der Waals surface area contributed by atoms with Crippen LogP contribution in [0, 0.1) is 0 Å². The average Bonchev–Trinajstić information content (AvgIpc) is 2.66. The molecule has 1 rings (SSSR count). The van der Waals surface area contributed by atoms with Gasteiger partial charge in [-0.05, 0) is 13.8 Å². The number of ether oxygens (including phenoxy) is 1. The Balaban J connectivity index is 2.68. The highest BCUT2D eigenvalue weighted by Gasteiger charge is 2.26. The maximum absolute atomic E-state index is 12.2. The van der Waals surface area contributed by atoms with E-state index in [-0.39, 0.29) is 6.16 Å². The monoisotopic (exact) mass is 263 g/mol. The van der Waals surface area contributed by atoms with Crippen LogP contribution in [-0.4, -0.2) is 25.5 Å². The maximum atomic E-state index is 12.2. The van der Waals surface area contributed by atoms with E-state index in [1.54, 1.807) is 27.0 Å². The quantitative estimate of drug-likeness (QED) is 0.671. The summed E-state index contributed by atoms with van der Waals surface area (Å²) in [5.41, 5.74) is 0.544. The van der Waals surface area contributed by atoms with Gasteiger partial charge < -0.3 is 18.3 Å². The van der Waals surface area contributed by atoms with E-state index in [0.717, 1.165) is 0 Å². The molecule has 6 nitrogen and oxygen atoms in total. The Kier molecular flexibility index (Phi) is 5.85. The van der Waals surface area contributed by atoms with Crippen molar-refractivity contribution in [3.8, 4) is 0 Å². The average molecular weight is 263 g/mol. The molecule has 1 aromatic heterocycles. The fourth-order valence-corrected chi connectivity index (χ4v) is 2.95. The lowest BCUT2D eigenvalue weighted by Gasteiger charge is -2.15. The van der Waals surface area contributed by atoms with Gasteiger partial charge in [-0.25, -0.2) is 0 Å². The van der Waals surface area contributed by atoms with E-state index in [0.29, 0.717) is 31.3 Å². The molecular weight excluding hydrogens is 245 g/mol. The fraction of sp³-hybridized carbons (Fsp3) is 0.700. The molecular formula is C10H18NO5P. The summed E-state index contributed by atoms with van der Waals surface area (Å²) in [6.45, 7) is 4.54. The fourth-order valence-electron chi connectivity index (χ4n) is 1.36. The molecule has 0 unspecified atom stereocenters. The van der Waals surface area contributed by atoms with Crippen LogP contribution in [0.5, 0.6) is 0 Å². The molecule has 0 aliphatic heterocycles. The van der Waals surface area contributed by atoms with Gasteiger partial charge in [-0.1, -0.05) is 5.16 Å². The Labute approximate surface area is 101 Å². The molecule has 0 aliphatic rings. The third-order valence-electron chi connectivity index (χ3n) is 1.90. The molecule has 0 amide bonds. The zero-order chi connectivity index (χ0) is 12.7. The van der Waals surface area contributed by atoms with Crippen molar-refractivity contribution >= 4 is 7.60 Å². The van der Waals surface area contributed by atoms with Crippen molar-refractivity contribution in [2.75, 3.05) is 20.3 Å². The van der Waals surface area contributed by atoms with Crippen LogP contribution in [0.1, 0.15) is 25.3 Å². The number of aromatic nitrogens is 1. The summed E-state index contributed by atoms with van der Waals surface area (Å²) in [6.07, 6.45) is 0.113. The first-order chi connectivity index (χ1) is 8.13. The van der Waals surface area contributed by atoms with E-state index in [4.69, 9.17) is 18.3 Å². The van der Waals surface area contributed by atoms with Crippen LogP contribution in [0.25, 0.3) is 0 Å². The van der Waals surface area contributed by atoms with E-state index in [1.807, 2.05) is 0 Å². The zero-order valence-corrected chi connectivity index (χ0v) is 11.2. The van der Waals surface area contributed by atoms with E-state index < -0.39 is 7.60 Å². The number of methoxy groups -OCH3 is 1. The van der Waals surface area contributed by atoms with Gasteiger partial charge in [0.25, 0.3) is 0 Å². The molecule has 0 N–H and O–H groups in total. The standard InChI is InChI=1S/C10H18NO5P/c1-4-14-17(12,15-5-2)8-9-6-10(7-13-3)16-11-9/h6H,4-5,7-8H2,1-3H3. The van der Waals surface area contributed by atoms with Crippen LogP contribution in [-0.2, 0) is 31.1 Å². The van der Waals surface area contributed by atoms with Gasteiger partial charge in [0.1, 0.15) is 6.61 Å². The first-order valence-corrected chi connectivity index (χ1v) is 7.18. The first kappa shape index (κ1) is 14.4. The topological polar surface area (TPSA) is 70.8 Å². The van der Waals surface area contributed by atoms with Crippen molar-refractivity contribution in [2.24, 2.45) is 0 Å². The summed E-state index contributed by atoms with van der Waals surface area (Å²) in [6, 6.07) is 1.69. The summed E-state index contributed by atoms with van der Waals surface area (Å²) in [7, 11) is -1.55. The van der Waals surface area contributed by atoms with Gasteiger partial charge in [0.05, 0.1) is 25.1 Å². The smallest absolute Gasteiger partial charge is 0.336 e. The van der Waals surface area contributed by atoms with Gasteiger partial charge in [-0.2, -0.15) is 0 Å². The highest BCUT2D eigenvalue weighted by molar-refractivity contribution is 7.53. The van der Waals surface area contributed by atoms with Gasteiger partial charge in [0.15, 0.2) is 5.76 Å². The predicted octanol–water partition coefficient (Wildman–Crippen LogP) is 2.59. The van der Waals surface area contributed by atoms with Crippen molar-refractivity contribution in [1.82, 2.24) is 5.16 Å². The predicted molar refractivity (Wildman–Crippen MR) is 61.8 cm³/mol. The summed E-state index contributed by atoms with van der Waals surface area (Å²) >= 11 is 0. The van der Waals surface area contributed by atoms with Crippen LogP contribution in [0.15, 0.2) is 10.6 Å². The molecule has 17 heavy (non-hydrogen) atoms. The van der Waals surface area contributed by atoms with Gasteiger partial charge in [-0.15, -0.1) is 0 Å². The van der Waals surface area contributed by atoms with Crippen LogP contribution in [0.3, 0.4) is 0 Å². The summed E-state index contributed by atoms with van der Waals surface area (Å²) in [5, 5.41) is 3.80. The number of hydrogen-bond donors (Lipinski definition) is 0. The summed E-state index contributed by atoms with van der Waals surface area (Å²) in [4.78, 5) is 0. The van der Waals surface area contributed by atoms with Crippen LogP contribution in [0.4, 0.5) is 0 Å². The highest BCUT2D eigenvalue weighted by Crippen LogP contribution is 2.51. The van der Waals surface area contributed by atoms with Crippen molar-refractivity contribution in [3.63, 3.8) is 0 Å². The molecule has 98 valence electrons. The van der Waals surface area contributed by atoms with Crippen molar-refractivity contribution in [1.29, 1.82) is 0 Å². The molecule has 7 heteroatoms. The number of nitrogens with zero attached hydrogens (tertiary/aromatic N) is 1. The molecule has 1 aromatic rings.